The smallest absolute Gasteiger partial charge is 0.0207 e. The van der Waals surface area contributed by atoms with Crippen LogP contribution in [0.1, 0.15) is 34.1 Å². The Hall–Kier alpha value is -1.82. The fraction of sp³-hybridized carbons (Fsp3) is 0.222. The van der Waals surface area contributed by atoms with Gasteiger partial charge < -0.3 is 0 Å². The fourth-order valence-corrected chi connectivity index (χ4v) is 2.88. The second-order valence-electron chi connectivity index (χ2n) is 5.16. The highest BCUT2D eigenvalue weighted by Crippen LogP contribution is 2.33. The molecule has 0 aromatic heterocycles. The highest BCUT2D eigenvalue weighted by molar-refractivity contribution is 5.48. The van der Waals surface area contributed by atoms with Crippen molar-refractivity contribution in [1.29, 1.82) is 0 Å². The van der Waals surface area contributed by atoms with E-state index in [0.717, 1.165) is 0 Å². The Morgan fingerprint density at radius 2 is 1.00 bits per heavy atom. The first-order valence-corrected chi connectivity index (χ1v) is 6.57. The average Bonchev–Trinajstić information content (AvgIpc) is 3.01. The van der Waals surface area contributed by atoms with Gasteiger partial charge in [-0.1, -0.05) is 60.7 Å². The van der Waals surface area contributed by atoms with Gasteiger partial charge in [0.2, 0.25) is 0 Å². The van der Waals surface area contributed by atoms with E-state index in [1.54, 1.807) is 0 Å². The lowest BCUT2D eigenvalue weighted by molar-refractivity contribution is 1.01. The Labute approximate surface area is 109 Å². The van der Waals surface area contributed by atoms with Crippen LogP contribution in [-0.4, -0.2) is 0 Å². The highest BCUT2D eigenvalue weighted by atomic mass is 14.2. The molecule has 0 saturated heterocycles. The van der Waals surface area contributed by atoms with Crippen LogP contribution in [0.2, 0.25) is 0 Å². The topological polar surface area (TPSA) is 0 Å². The molecule has 0 N–H and O–H groups in total. The van der Waals surface area contributed by atoms with Gasteiger partial charge in [-0.3, -0.25) is 0 Å². The lowest BCUT2D eigenvalue weighted by Crippen LogP contribution is -2.00. The molecule has 0 atom stereocenters. The summed E-state index contributed by atoms with van der Waals surface area (Å²) in [7, 11) is 0. The van der Waals surface area contributed by atoms with E-state index in [0.29, 0.717) is 11.8 Å². The number of rotatable bonds is 2. The van der Waals surface area contributed by atoms with Gasteiger partial charge in [-0.2, -0.15) is 0 Å². The maximum Gasteiger partial charge on any atom is 0.0207 e. The second kappa shape index (κ2) is 4.45. The van der Waals surface area contributed by atoms with Crippen LogP contribution in [0.3, 0.4) is 0 Å². The van der Waals surface area contributed by atoms with Crippen molar-refractivity contribution in [2.45, 2.75) is 25.7 Å². The SMILES string of the molecule is Cc1cc(C)c(C2C=CC=C2)cc1C1C=CC=C1. The lowest BCUT2D eigenvalue weighted by atomic mass is 9.87. The van der Waals surface area contributed by atoms with Gasteiger partial charge in [0.05, 0.1) is 0 Å². The molecule has 3 rings (SSSR count). The first-order valence-electron chi connectivity index (χ1n) is 6.57. The van der Waals surface area contributed by atoms with Crippen molar-refractivity contribution in [3.63, 3.8) is 0 Å². The van der Waals surface area contributed by atoms with Gasteiger partial charge in [0.15, 0.2) is 0 Å². The van der Waals surface area contributed by atoms with Crippen LogP contribution in [-0.2, 0) is 0 Å². The quantitative estimate of drug-likeness (QED) is 0.694. The molecule has 2 aliphatic carbocycles. The van der Waals surface area contributed by atoms with E-state index >= 15 is 0 Å². The fourth-order valence-electron chi connectivity index (χ4n) is 2.88. The van der Waals surface area contributed by atoms with Crippen LogP contribution in [0, 0.1) is 13.8 Å². The van der Waals surface area contributed by atoms with E-state index in [-0.39, 0.29) is 0 Å². The van der Waals surface area contributed by atoms with Crippen molar-refractivity contribution in [2.75, 3.05) is 0 Å². The number of benzene rings is 1. The van der Waals surface area contributed by atoms with Crippen LogP contribution in [0.5, 0.6) is 0 Å². The molecule has 0 unspecified atom stereocenters. The van der Waals surface area contributed by atoms with Crippen molar-refractivity contribution >= 4 is 0 Å². The standard InChI is InChI=1S/C18H18/c1-13-11-14(2)18(16-9-5-6-10-16)12-17(13)15-7-3-4-8-15/h3-12,15-16H,1-2H3. The largest absolute Gasteiger partial charge is 0.0732 e. The maximum absolute atomic E-state index is 2.39. The molecular formula is C18H18. The Kier molecular flexibility index (Phi) is 2.79. The first-order chi connectivity index (χ1) is 8.75. The van der Waals surface area contributed by atoms with Gasteiger partial charge in [-0.05, 0) is 36.1 Å². The molecule has 0 bridgehead atoms. The summed E-state index contributed by atoms with van der Waals surface area (Å²) in [6.07, 6.45) is 17.6. The normalized spacial score (nSPS) is 18.3. The predicted molar refractivity (Wildman–Crippen MR) is 78.0 cm³/mol. The van der Waals surface area contributed by atoms with Crippen LogP contribution in [0.4, 0.5) is 0 Å². The molecule has 0 amide bonds. The summed E-state index contributed by atoms with van der Waals surface area (Å²) in [5, 5.41) is 0. The minimum Gasteiger partial charge on any atom is -0.0732 e. The molecule has 0 aliphatic heterocycles. The van der Waals surface area contributed by atoms with Gasteiger partial charge in [0.25, 0.3) is 0 Å². The molecule has 0 heterocycles. The van der Waals surface area contributed by atoms with E-state index in [1.165, 1.54) is 22.3 Å². The summed E-state index contributed by atoms with van der Waals surface area (Å²) in [6.45, 7) is 4.43. The highest BCUT2D eigenvalue weighted by Gasteiger charge is 2.16. The third-order valence-corrected chi connectivity index (χ3v) is 3.87. The molecule has 0 saturated carbocycles. The van der Waals surface area contributed by atoms with Crippen LogP contribution >= 0.6 is 0 Å². The van der Waals surface area contributed by atoms with E-state index in [2.05, 4.69) is 74.6 Å². The molecule has 90 valence electrons. The first kappa shape index (κ1) is 11.3. The molecule has 18 heavy (non-hydrogen) atoms. The zero-order valence-electron chi connectivity index (χ0n) is 10.9. The Bertz CT molecular complexity index is 509. The summed E-state index contributed by atoms with van der Waals surface area (Å²) in [5.41, 5.74) is 5.66. The van der Waals surface area contributed by atoms with Crippen molar-refractivity contribution in [1.82, 2.24) is 0 Å². The van der Waals surface area contributed by atoms with Crippen LogP contribution < -0.4 is 0 Å². The van der Waals surface area contributed by atoms with Crippen molar-refractivity contribution in [2.24, 2.45) is 0 Å². The van der Waals surface area contributed by atoms with Crippen LogP contribution in [0.15, 0.2) is 60.7 Å². The van der Waals surface area contributed by atoms with Crippen molar-refractivity contribution in [3.8, 4) is 0 Å². The Morgan fingerprint density at radius 1 is 0.611 bits per heavy atom. The minimum absolute atomic E-state index is 0.457. The molecule has 0 nitrogen and oxygen atoms in total. The summed E-state index contributed by atoms with van der Waals surface area (Å²) in [5.74, 6) is 0.914. The second-order valence-corrected chi connectivity index (χ2v) is 5.16. The minimum atomic E-state index is 0.457. The predicted octanol–water partition coefficient (Wildman–Crippen LogP) is 4.72. The average molecular weight is 234 g/mol. The van der Waals surface area contributed by atoms with Crippen LogP contribution in [0.25, 0.3) is 0 Å². The van der Waals surface area contributed by atoms with E-state index < -0.39 is 0 Å². The summed E-state index contributed by atoms with van der Waals surface area (Å²) in [6, 6.07) is 4.71. The molecule has 1 aromatic rings. The monoisotopic (exact) mass is 234 g/mol. The number of hydrogen-bond acceptors (Lipinski definition) is 0. The van der Waals surface area contributed by atoms with Gasteiger partial charge in [0, 0.05) is 11.8 Å². The molecule has 0 heteroatoms. The van der Waals surface area contributed by atoms with Crippen molar-refractivity contribution < 1.29 is 0 Å². The summed E-state index contributed by atoms with van der Waals surface area (Å²) in [4.78, 5) is 0. The summed E-state index contributed by atoms with van der Waals surface area (Å²) < 4.78 is 0. The molecule has 0 radical (unpaired) electrons. The Morgan fingerprint density at radius 3 is 1.39 bits per heavy atom. The zero-order valence-corrected chi connectivity index (χ0v) is 10.9. The third kappa shape index (κ3) is 1.88. The lowest BCUT2D eigenvalue weighted by Gasteiger charge is -2.17. The third-order valence-electron chi connectivity index (χ3n) is 3.87. The van der Waals surface area contributed by atoms with E-state index in [1.807, 2.05) is 0 Å². The maximum atomic E-state index is 2.39. The zero-order chi connectivity index (χ0) is 12.5. The molecule has 2 aliphatic rings. The van der Waals surface area contributed by atoms with Gasteiger partial charge >= 0.3 is 0 Å². The molecule has 0 spiro atoms. The Balaban J connectivity index is 2.07. The van der Waals surface area contributed by atoms with Gasteiger partial charge in [-0.15, -0.1) is 0 Å². The number of aryl methyl sites for hydroxylation is 2. The summed E-state index contributed by atoms with van der Waals surface area (Å²) >= 11 is 0. The van der Waals surface area contributed by atoms with E-state index in [9.17, 15) is 0 Å². The molecule has 1 aromatic carbocycles. The van der Waals surface area contributed by atoms with E-state index in [4.69, 9.17) is 0 Å². The van der Waals surface area contributed by atoms with Gasteiger partial charge in [-0.25, -0.2) is 0 Å². The number of allylic oxidation sites excluding steroid dienone is 8. The van der Waals surface area contributed by atoms with Gasteiger partial charge in [0.1, 0.15) is 0 Å². The number of hydrogen-bond donors (Lipinski definition) is 0. The van der Waals surface area contributed by atoms with Crippen molar-refractivity contribution in [3.05, 3.63) is 83.0 Å². The molecular weight excluding hydrogens is 216 g/mol. The molecule has 0 fully saturated rings.